The highest BCUT2D eigenvalue weighted by atomic mass is 16.5. The number of carbonyl (C=O) groups is 1. The summed E-state index contributed by atoms with van der Waals surface area (Å²) in [6.07, 6.45) is 8.71. The number of benzene rings is 1. The maximum Gasteiger partial charge on any atom is 0.252 e. The lowest BCUT2D eigenvalue weighted by molar-refractivity contribution is 0.0990. The molecule has 1 aliphatic rings. The van der Waals surface area contributed by atoms with Gasteiger partial charge in [0.2, 0.25) is 0 Å². The molecule has 0 saturated heterocycles. The minimum absolute atomic E-state index is 0.0718. The molecular formula is C18H23N3O2. The van der Waals surface area contributed by atoms with Gasteiger partial charge in [0.05, 0.1) is 17.9 Å². The minimum atomic E-state index is -0.464. The molecule has 1 aliphatic carbocycles. The molecule has 1 aromatic heterocycles. The third kappa shape index (κ3) is 3.55. The molecule has 1 fully saturated rings. The van der Waals surface area contributed by atoms with Crippen LogP contribution in [0.15, 0.2) is 30.6 Å². The molecule has 1 aromatic carbocycles. The van der Waals surface area contributed by atoms with E-state index < -0.39 is 5.91 Å². The van der Waals surface area contributed by atoms with Crippen molar-refractivity contribution in [3.05, 3.63) is 36.2 Å². The standard InChI is InChI=1S/C18H23N3O2/c1-12(8-13-4-3-5-13)23-17-9-14(6-7-16(17)18(19)22)15-10-20-21(2)11-15/h6-7,9-13H,3-5,8H2,1-2H3,(H2,19,22)/t12-/m0/s1. The first-order valence-corrected chi connectivity index (χ1v) is 8.12. The van der Waals surface area contributed by atoms with E-state index in [1.54, 1.807) is 16.9 Å². The van der Waals surface area contributed by atoms with Gasteiger partial charge in [-0.2, -0.15) is 5.10 Å². The van der Waals surface area contributed by atoms with Crippen LogP contribution in [-0.4, -0.2) is 21.8 Å². The van der Waals surface area contributed by atoms with Crippen LogP contribution in [-0.2, 0) is 7.05 Å². The summed E-state index contributed by atoms with van der Waals surface area (Å²) in [5.74, 6) is 0.850. The van der Waals surface area contributed by atoms with Crippen molar-refractivity contribution in [2.45, 2.75) is 38.7 Å². The zero-order valence-electron chi connectivity index (χ0n) is 13.7. The molecular weight excluding hydrogens is 290 g/mol. The number of nitrogens with two attached hydrogens (primary N) is 1. The highest BCUT2D eigenvalue weighted by Crippen LogP contribution is 2.33. The fraction of sp³-hybridized carbons (Fsp3) is 0.444. The molecule has 1 heterocycles. The van der Waals surface area contributed by atoms with Crippen molar-refractivity contribution in [1.82, 2.24) is 9.78 Å². The van der Waals surface area contributed by atoms with E-state index >= 15 is 0 Å². The van der Waals surface area contributed by atoms with Gasteiger partial charge in [-0.05, 0) is 37.0 Å². The van der Waals surface area contributed by atoms with Gasteiger partial charge in [-0.25, -0.2) is 0 Å². The molecule has 1 amide bonds. The lowest BCUT2D eigenvalue weighted by Gasteiger charge is -2.28. The van der Waals surface area contributed by atoms with Crippen LogP contribution in [0.25, 0.3) is 11.1 Å². The van der Waals surface area contributed by atoms with Crippen molar-refractivity contribution in [3.63, 3.8) is 0 Å². The van der Waals surface area contributed by atoms with E-state index in [0.29, 0.717) is 11.3 Å². The quantitative estimate of drug-likeness (QED) is 0.890. The molecule has 23 heavy (non-hydrogen) atoms. The topological polar surface area (TPSA) is 70.1 Å². The summed E-state index contributed by atoms with van der Waals surface area (Å²) >= 11 is 0. The summed E-state index contributed by atoms with van der Waals surface area (Å²) < 4.78 is 7.80. The number of ether oxygens (including phenoxy) is 1. The summed E-state index contributed by atoms with van der Waals surface area (Å²) in [7, 11) is 1.87. The predicted molar refractivity (Wildman–Crippen MR) is 89.2 cm³/mol. The van der Waals surface area contributed by atoms with Crippen molar-refractivity contribution >= 4 is 5.91 Å². The lowest BCUT2D eigenvalue weighted by atomic mass is 9.81. The van der Waals surface area contributed by atoms with Gasteiger partial charge in [0.25, 0.3) is 5.91 Å². The molecule has 122 valence electrons. The Kier molecular flexibility index (Phi) is 4.37. The second kappa shape index (κ2) is 6.44. The van der Waals surface area contributed by atoms with E-state index in [4.69, 9.17) is 10.5 Å². The predicted octanol–water partition coefficient (Wildman–Crippen LogP) is 3.14. The highest BCUT2D eigenvalue weighted by Gasteiger charge is 2.22. The van der Waals surface area contributed by atoms with Gasteiger partial charge < -0.3 is 10.5 Å². The molecule has 1 atom stereocenters. The molecule has 3 rings (SSSR count). The normalized spacial score (nSPS) is 15.9. The summed E-state index contributed by atoms with van der Waals surface area (Å²) in [5, 5.41) is 4.18. The van der Waals surface area contributed by atoms with E-state index in [1.807, 2.05) is 25.4 Å². The zero-order valence-corrected chi connectivity index (χ0v) is 13.7. The van der Waals surface area contributed by atoms with Crippen molar-refractivity contribution in [1.29, 1.82) is 0 Å². The first kappa shape index (κ1) is 15.6. The Morgan fingerprint density at radius 2 is 2.22 bits per heavy atom. The van der Waals surface area contributed by atoms with Gasteiger partial charge in [-0.1, -0.05) is 25.3 Å². The SMILES string of the molecule is C[C@@H](CC1CCC1)Oc1cc(-c2cnn(C)c2)ccc1C(N)=O. The molecule has 0 radical (unpaired) electrons. The molecule has 2 N–H and O–H groups in total. The van der Waals surface area contributed by atoms with Crippen LogP contribution in [0, 0.1) is 5.92 Å². The van der Waals surface area contributed by atoms with Crippen molar-refractivity contribution in [3.8, 4) is 16.9 Å². The number of carbonyl (C=O) groups excluding carboxylic acids is 1. The minimum Gasteiger partial charge on any atom is -0.490 e. The van der Waals surface area contributed by atoms with Crippen LogP contribution in [0.2, 0.25) is 0 Å². The Hall–Kier alpha value is -2.30. The van der Waals surface area contributed by atoms with Gasteiger partial charge in [0, 0.05) is 18.8 Å². The number of nitrogens with zero attached hydrogens (tertiary/aromatic N) is 2. The third-order valence-electron chi connectivity index (χ3n) is 4.50. The fourth-order valence-electron chi connectivity index (χ4n) is 3.04. The van der Waals surface area contributed by atoms with Gasteiger partial charge >= 0.3 is 0 Å². The Morgan fingerprint density at radius 3 is 2.78 bits per heavy atom. The molecule has 2 aromatic rings. The number of primary amides is 1. The van der Waals surface area contributed by atoms with E-state index in [-0.39, 0.29) is 6.10 Å². The summed E-state index contributed by atoms with van der Waals surface area (Å²) in [6.45, 7) is 2.06. The van der Waals surface area contributed by atoms with Gasteiger partial charge in [0.15, 0.2) is 0 Å². The van der Waals surface area contributed by atoms with Crippen molar-refractivity contribution in [2.75, 3.05) is 0 Å². The molecule has 5 nitrogen and oxygen atoms in total. The van der Waals surface area contributed by atoms with Crippen LogP contribution >= 0.6 is 0 Å². The van der Waals surface area contributed by atoms with Crippen molar-refractivity contribution < 1.29 is 9.53 Å². The van der Waals surface area contributed by atoms with E-state index in [9.17, 15) is 4.79 Å². The van der Waals surface area contributed by atoms with Gasteiger partial charge in [-0.15, -0.1) is 0 Å². The maximum atomic E-state index is 11.7. The molecule has 5 heteroatoms. The fourth-order valence-corrected chi connectivity index (χ4v) is 3.04. The van der Waals surface area contributed by atoms with Crippen LogP contribution in [0.5, 0.6) is 5.75 Å². The smallest absolute Gasteiger partial charge is 0.252 e. The Bertz CT molecular complexity index is 704. The Morgan fingerprint density at radius 1 is 1.43 bits per heavy atom. The number of aryl methyl sites for hydroxylation is 1. The van der Waals surface area contributed by atoms with Gasteiger partial charge in [0.1, 0.15) is 5.75 Å². The van der Waals surface area contributed by atoms with Crippen LogP contribution in [0.1, 0.15) is 43.0 Å². The number of hydrogen-bond donors (Lipinski definition) is 1. The average molecular weight is 313 g/mol. The molecule has 0 unspecified atom stereocenters. The summed E-state index contributed by atoms with van der Waals surface area (Å²) in [5.41, 5.74) is 7.87. The first-order valence-electron chi connectivity index (χ1n) is 8.12. The van der Waals surface area contributed by atoms with Crippen LogP contribution < -0.4 is 10.5 Å². The summed E-state index contributed by atoms with van der Waals surface area (Å²) in [6, 6.07) is 5.49. The molecule has 0 bridgehead atoms. The first-order chi connectivity index (χ1) is 11.0. The van der Waals surface area contributed by atoms with Gasteiger partial charge in [-0.3, -0.25) is 9.48 Å². The van der Waals surface area contributed by atoms with E-state index in [2.05, 4.69) is 12.0 Å². The Balaban J connectivity index is 1.83. The largest absolute Gasteiger partial charge is 0.490 e. The monoisotopic (exact) mass is 313 g/mol. The maximum absolute atomic E-state index is 11.7. The van der Waals surface area contributed by atoms with Crippen LogP contribution in [0.4, 0.5) is 0 Å². The second-order valence-electron chi connectivity index (χ2n) is 6.44. The lowest BCUT2D eigenvalue weighted by Crippen LogP contribution is -2.23. The number of amides is 1. The number of aromatic nitrogens is 2. The van der Waals surface area contributed by atoms with Crippen LogP contribution in [0.3, 0.4) is 0 Å². The second-order valence-corrected chi connectivity index (χ2v) is 6.44. The summed E-state index contributed by atoms with van der Waals surface area (Å²) in [4.78, 5) is 11.7. The molecule has 0 spiro atoms. The highest BCUT2D eigenvalue weighted by molar-refractivity contribution is 5.96. The zero-order chi connectivity index (χ0) is 16.4. The third-order valence-corrected chi connectivity index (χ3v) is 4.50. The van der Waals surface area contributed by atoms with Crippen molar-refractivity contribution in [2.24, 2.45) is 18.7 Å². The van der Waals surface area contributed by atoms with E-state index in [0.717, 1.165) is 23.5 Å². The number of hydrogen-bond acceptors (Lipinski definition) is 3. The van der Waals surface area contributed by atoms with E-state index in [1.165, 1.54) is 19.3 Å². The molecule has 0 aliphatic heterocycles. The average Bonchev–Trinajstić information content (AvgIpc) is 2.89. The number of rotatable bonds is 6. The Labute approximate surface area is 136 Å². The molecule has 1 saturated carbocycles.